The lowest BCUT2D eigenvalue weighted by Gasteiger charge is -2.36. The van der Waals surface area contributed by atoms with E-state index in [2.05, 4.69) is 28.4 Å². The van der Waals surface area contributed by atoms with Gasteiger partial charge in [-0.2, -0.15) is 0 Å². The van der Waals surface area contributed by atoms with Gasteiger partial charge in [-0.3, -0.25) is 9.69 Å². The Morgan fingerprint density at radius 3 is 2.74 bits per heavy atom. The van der Waals surface area contributed by atoms with Gasteiger partial charge in [0.2, 0.25) is 5.91 Å². The fraction of sp³-hybridized carbons (Fsp3) is 0.632. The van der Waals surface area contributed by atoms with Crippen LogP contribution in [0, 0.1) is 0 Å². The second-order valence-corrected chi connectivity index (χ2v) is 6.68. The molecule has 1 N–H and O–H groups in total. The molecule has 126 valence electrons. The molecule has 0 atom stereocenters. The van der Waals surface area contributed by atoms with Crippen LogP contribution in [0.2, 0.25) is 0 Å². The standard InChI is InChI=1S/C19H28N2O2/c1-20-19(22)6-3-13-23-18-8-7-15-9-11-21(17-4-2-5-17)12-10-16(15)14-18/h7-8,14,17H,2-6,9-13H2,1H3,(H,20,22). The molecule has 23 heavy (non-hydrogen) atoms. The number of hydrogen-bond donors (Lipinski definition) is 1. The molecule has 1 aromatic carbocycles. The van der Waals surface area contributed by atoms with E-state index in [1.807, 2.05) is 0 Å². The molecule has 1 aromatic rings. The van der Waals surface area contributed by atoms with Gasteiger partial charge in [0.25, 0.3) is 0 Å². The van der Waals surface area contributed by atoms with Crippen LogP contribution in [0.5, 0.6) is 5.75 Å². The maximum Gasteiger partial charge on any atom is 0.219 e. The zero-order valence-corrected chi connectivity index (χ0v) is 14.1. The topological polar surface area (TPSA) is 41.6 Å². The SMILES string of the molecule is CNC(=O)CCCOc1ccc2c(c1)CCN(C1CCC1)CC2. The van der Waals surface area contributed by atoms with Crippen molar-refractivity contribution in [2.75, 3.05) is 26.7 Å². The van der Waals surface area contributed by atoms with Crippen LogP contribution < -0.4 is 10.1 Å². The molecule has 4 heteroatoms. The number of nitrogens with zero attached hydrogens (tertiary/aromatic N) is 1. The Bertz CT molecular complexity index is 540. The highest BCUT2D eigenvalue weighted by Gasteiger charge is 2.26. The van der Waals surface area contributed by atoms with Gasteiger partial charge < -0.3 is 10.1 Å². The zero-order valence-electron chi connectivity index (χ0n) is 14.1. The normalized spacial score (nSPS) is 18.7. The third-order valence-corrected chi connectivity index (χ3v) is 5.20. The second-order valence-electron chi connectivity index (χ2n) is 6.68. The van der Waals surface area contributed by atoms with Crippen molar-refractivity contribution < 1.29 is 9.53 Å². The number of ether oxygens (including phenoxy) is 1. The maximum atomic E-state index is 11.2. The first-order valence-corrected chi connectivity index (χ1v) is 8.95. The van der Waals surface area contributed by atoms with E-state index in [0.717, 1.165) is 31.1 Å². The summed E-state index contributed by atoms with van der Waals surface area (Å²) in [7, 11) is 1.67. The monoisotopic (exact) mass is 316 g/mol. The van der Waals surface area contributed by atoms with Crippen molar-refractivity contribution >= 4 is 5.91 Å². The van der Waals surface area contributed by atoms with E-state index in [1.54, 1.807) is 7.05 Å². The molecule has 0 aromatic heterocycles. The summed E-state index contributed by atoms with van der Waals surface area (Å²) >= 11 is 0. The van der Waals surface area contributed by atoms with Crippen molar-refractivity contribution in [1.29, 1.82) is 0 Å². The number of rotatable bonds is 6. The molecule has 4 nitrogen and oxygen atoms in total. The Morgan fingerprint density at radius 1 is 1.26 bits per heavy atom. The van der Waals surface area contributed by atoms with Crippen LogP contribution in [-0.4, -0.2) is 43.6 Å². The zero-order chi connectivity index (χ0) is 16.1. The Kier molecular flexibility index (Phi) is 5.55. The number of carbonyl (C=O) groups excluding carboxylic acids is 1. The first kappa shape index (κ1) is 16.3. The smallest absolute Gasteiger partial charge is 0.219 e. The third kappa shape index (κ3) is 4.25. The number of carbonyl (C=O) groups is 1. The van der Waals surface area contributed by atoms with Gasteiger partial charge in [0.05, 0.1) is 6.61 Å². The Hall–Kier alpha value is -1.55. The lowest BCUT2D eigenvalue weighted by Crippen LogP contribution is -2.41. The fourth-order valence-electron chi connectivity index (χ4n) is 3.47. The van der Waals surface area contributed by atoms with Gasteiger partial charge in [-0.1, -0.05) is 12.5 Å². The van der Waals surface area contributed by atoms with Crippen molar-refractivity contribution in [2.24, 2.45) is 0 Å². The summed E-state index contributed by atoms with van der Waals surface area (Å²) in [6.07, 6.45) is 7.74. The first-order valence-electron chi connectivity index (χ1n) is 8.95. The van der Waals surface area contributed by atoms with Crippen molar-refractivity contribution in [1.82, 2.24) is 10.2 Å². The average molecular weight is 316 g/mol. The van der Waals surface area contributed by atoms with Crippen LogP contribution in [0.15, 0.2) is 18.2 Å². The third-order valence-electron chi connectivity index (χ3n) is 5.20. The van der Waals surface area contributed by atoms with Crippen LogP contribution in [0.1, 0.15) is 43.2 Å². The minimum atomic E-state index is 0.0756. The molecule has 1 heterocycles. The van der Waals surface area contributed by atoms with Crippen LogP contribution in [0.25, 0.3) is 0 Å². The largest absolute Gasteiger partial charge is 0.494 e. The number of benzene rings is 1. The van der Waals surface area contributed by atoms with Crippen molar-refractivity contribution in [3.8, 4) is 5.75 Å². The molecule has 0 spiro atoms. The first-order chi connectivity index (χ1) is 11.3. The van der Waals surface area contributed by atoms with Gasteiger partial charge in [-0.05, 0) is 55.4 Å². The Morgan fingerprint density at radius 2 is 2.04 bits per heavy atom. The second kappa shape index (κ2) is 7.82. The molecule has 1 saturated carbocycles. The molecule has 0 unspecified atom stereocenters. The van der Waals surface area contributed by atoms with Crippen molar-refractivity contribution in [2.45, 2.75) is 51.0 Å². The summed E-state index contributed by atoms with van der Waals surface area (Å²) in [5, 5.41) is 2.64. The molecule has 1 amide bonds. The summed E-state index contributed by atoms with van der Waals surface area (Å²) in [4.78, 5) is 13.9. The van der Waals surface area contributed by atoms with Gasteiger partial charge in [0.1, 0.15) is 5.75 Å². The molecule has 0 radical (unpaired) electrons. The molecule has 1 fully saturated rings. The van der Waals surface area contributed by atoms with Gasteiger partial charge in [0.15, 0.2) is 0 Å². The van der Waals surface area contributed by atoms with Crippen LogP contribution in [-0.2, 0) is 17.6 Å². The van der Waals surface area contributed by atoms with E-state index in [4.69, 9.17) is 4.74 Å². The summed E-state index contributed by atoms with van der Waals surface area (Å²) < 4.78 is 5.82. The Labute approximate surface area is 139 Å². The van der Waals surface area contributed by atoms with Crippen LogP contribution in [0.4, 0.5) is 0 Å². The number of hydrogen-bond acceptors (Lipinski definition) is 3. The van der Waals surface area contributed by atoms with E-state index in [1.165, 1.54) is 43.5 Å². The van der Waals surface area contributed by atoms with Crippen LogP contribution in [0.3, 0.4) is 0 Å². The van der Waals surface area contributed by atoms with Gasteiger partial charge >= 0.3 is 0 Å². The molecule has 2 aliphatic rings. The van der Waals surface area contributed by atoms with Crippen molar-refractivity contribution in [3.05, 3.63) is 29.3 Å². The van der Waals surface area contributed by atoms with Gasteiger partial charge in [-0.15, -0.1) is 0 Å². The Balaban J connectivity index is 1.51. The highest BCUT2D eigenvalue weighted by molar-refractivity contribution is 5.75. The molecule has 1 aliphatic heterocycles. The highest BCUT2D eigenvalue weighted by Crippen LogP contribution is 2.28. The van der Waals surface area contributed by atoms with Crippen molar-refractivity contribution in [3.63, 3.8) is 0 Å². The van der Waals surface area contributed by atoms with E-state index in [-0.39, 0.29) is 5.91 Å². The maximum absolute atomic E-state index is 11.2. The van der Waals surface area contributed by atoms with E-state index in [0.29, 0.717) is 13.0 Å². The summed E-state index contributed by atoms with van der Waals surface area (Å²) in [5.41, 5.74) is 2.92. The molecule has 0 saturated heterocycles. The minimum absolute atomic E-state index is 0.0756. The fourth-order valence-corrected chi connectivity index (χ4v) is 3.47. The molecular weight excluding hydrogens is 288 g/mol. The van der Waals surface area contributed by atoms with Gasteiger partial charge in [0, 0.05) is 32.6 Å². The van der Waals surface area contributed by atoms with Crippen LogP contribution >= 0.6 is 0 Å². The van der Waals surface area contributed by atoms with Gasteiger partial charge in [-0.25, -0.2) is 0 Å². The highest BCUT2D eigenvalue weighted by atomic mass is 16.5. The summed E-state index contributed by atoms with van der Waals surface area (Å²) in [6, 6.07) is 7.36. The van der Waals surface area contributed by atoms with E-state index in [9.17, 15) is 4.79 Å². The minimum Gasteiger partial charge on any atom is -0.494 e. The number of fused-ring (bicyclic) bond motifs is 1. The number of nitrogens with one attached hydrogen (secondary N) is 1. The predicted octanol–water partition coefficient (Wildman–Crippen LogP) is 2.54. The molecule has 1 aliphatic carbocycles. The number of amides is 1. The lowest BCUT2D eigenvalue weighted by molar-refractivity contribution is -0.120. The van der Waals surface area contributed by atoms with E-state index < -0.39 is 0 Å². The predicted molar refractivity (Wildman–Crippen MR) is 91.9 cm³/mol. The molecule has 3 rings (SSSR count). The quantitative estimate of drug-likeness (QED) is 0.820. The molecule has 0 bridgehead atoms. The lowest BCUT2D eigenvalue weighted by atomic mass is 9.91. The van der Waals surface area contributed by atoms with E-state index >= 15 is 0 Å². The summed E-state index contributed by atoms with van der Waals surface area (Å²) in [6.45, 7) is 2.97. The molecular formula is C19H28N2O2. The average Bonchev–Trinajstić information content (AvgIpc) is 2.72. The summed E-state index contributed by atoms with van der Waals surface area (Å²) in [5.74, 6) is 1.02.